The summed E-state index contributed by atoms with van der Waals surface area (Å²) in [6.07, 6.45) is 1.68. The van der Waals surface area contributed by atoms with Gasteiger partial charge in [0.15, 0.2) is 0 Å². The Kier molecular flexibility index (Phi) is 4.57. The van der Waals surface area contributed by atoms with Crippen LogP contribution in [0, 0.1) is 0 Å². The van der Waals surface area contributed by atoms with E-state index in [1.54, 1.807) is 36.5 Å². The maximum Gasteiger partial charge on any atom is 0.257 e. The Labute approximate surface area is 147 Å². The first-order valence-corrected chi connectivity index (χ1v) is 8.06. The maximum atomic E-state index is 12.6. The van der Waals surface area contributed by atoms with E-state index in [-0.39, 0.29) is 11.8 Å². The van der Waals surface area contributed by atoms with Crippen molar-refractivity contribution in [3.8, 4) is 0 Å². The van der Waals surface area contributed by atoms with Crippen molar-refractivity contribution in [3.05, 3.63) is 64.8 Å². The maximum absolute atomic E-state index is 12.6. The van der Waals surface area contributed by atoms with Gasteiger partial charge in [0.25, 0.3) is 5.91 Å². The van der Waals surface area contributed by atoms with E-state index in [0.29, 0.717) is 22.5 Å². The van der Waals surface area contributed by atoms with Crippen LogP contribution in [0.15, 0.2) is 59.2 Å². The minimum absolute atomic E-state index is 0.230. The SMILES string of the molecule is CC(=O)Nc1ccccc1C(=O)Nc1cccc2cc(Br)cnc12. The van der Waals surface area contributed by atoms with Gasteiger partial charge in [-0.2, -0.15) is 0 Å². The van der Waals surface area contributed by atoms with Crippen LogP contribution in [0.3, 0.4) is 0 Å². The van der Waals surface area contributed by atoms with Crippen LogP contribution in [0.25, 0.3) is 10.9 Å². The summed E-state index contributed by atoms with van der Waals surface area (Å²) >= 11 is 3.39. The van der Waals surface area contributed by atoms with Crippen molar-refractivity contribution in [3.63, 3.8) is 0 Å². The molecule has 2 amide bonds. The van der Waals surface area contributed by atoms with E-state index >= 15 is 0 Å². The van der Waals surface area contributed by atoms with Gasteiger partial charge in [0.2, 0.25) is 5.91 Å². The van der Waals surface area contributed by atoms with Crippen LogP contribution in [0.4, 0.5) is 11.4 Å². The predicted molar refractivity (Wildman–Crippen MR) is 98.1 cm³/mol. The zero-order valence-electron chi connectivity index (χ0n) is 12.8. The van der Waals surface area contributed by atoms with E-state index in [9.17, 15) is 9.59 Å². The van der Waals surface area contributed by atoms with Crippen molar-refractivity contribution in [1.82, 2.24) is 4.98 Å². The molecule has 0 spiro atoms. The first-order chi connectivity index (χ1) is 11.5. The fraction of sp³-hybridized carbons (Fsp3) is 0.0556. The summed E-state index contributed by atoms with van der Waals surface area (Å²) in [6, 6.07) is 14.4. The minimum atomic E-state index is -0.309. The van der Waals surface area contributed by atoms with E-state index in [1.807, 2.05) is 18.2 Å². The Balaban J connectivity index is 1.95. The van der Waals surface area contributed by atoms with Gasteiger partial charge in [0.05, 0.1) is 22.5 Å². The molecule has 1 aromatic heterocycles. The van der Waals surface area contributed by atoms with Crippen molar-refractivity contribution in [2.24, 2.45) is 0 Å². The number of halogens is 1. The number of para-hydroxylation sites is 2. The average molecular weight is 384 g/mol. The van der Waals surface area contributed by atoms with Crippen LogP contribution in [-0.4, -0.2) is 16.8 Å². The van der Waals surface area contributed by atoms with Gasteiger partial charge in [-0.25, -0.2) is 0 Å². The fourth-order valence-electron chi connectivity index (χ4n) is 2.40. The first kappa shape index (κ1) is 16.1. The molecule has 0 atom stereocenters. The van der Waals surface area contributed by atoms with E-state index in [1.165, 1.54) is 6.92 Å². The van der Waals surface area contributed by atoms with Gasteiger partial charge in [-0.15, -0.1) is 0 Å². The number of anilines is 2. The second-order valence-corrected chi connectivity index (χ2v) is 6.13. The van der Waals surface area contributed by atoms with Gasteiger partial charge in [-0.3, -0.25) is 14.6 Å². The molecule has 24 heavy (non-hydrogen) atoms. The molecule has 0 saturated heterocycles. The standard InChI is InChI=1S/C18H14BrN3O2/c1-11(23)21-15-7-3-2-6-14(15)18(24)22-16-8-4-5-12-9-13(19)10-20-17(12)16/h2-10H,1H3,(H,21,23)(H,22,24). The molecule has 0 bridgehead atoms. The smallest absolute Gasteiger partial charge is 0.257 e. The van der Waals surface area contributed by atoms with E-state index in [2.05, 4.69) is 31.5 Å². The van der Waals surface area contributed by atoms with Crippen LogP contribution < -0.4 is 10.6 Å². The Morgan fingerprint density at radius 1 is 1.00 bits per heavy atom. The third-order valence-electron chi connectivity index (χ3n) is 3.41. The summed E-state index contributed by atoms with van der Waals surface area (Å²) in [7, 11) is 0. The number of amides is 2. The average Bonchev–Trinajstić information content (AvgIpc) is 2.54. The molecule has 0 unspecified atom stereocenters. The Morgan fingerprint density at radius 2 is 1.75 bits per heavy atom. The summed E-state index contributed by atoms with van der Waals surface area (Å²) in [5, 5.41) is 6.44. The van der Waals surface area contributed by atoms with Gasteiger partial charge >= 0.3 is 0 Å². The zero-order valence-corrected chi connectivity index (χ0v) is 14.4. The number of nitrogens with one attached hydrogen (secondary N) is 2. The number of benzene rings is 2. The van der Waals surface area contributed by atoms with Gasteiger partial charge in [-0.05, 0) is 40.2 Å². The van der Waals surface area contributed by atoms with Crippen LogP contribution in [0.1, 0.15) is 17.3 Å². The summed E-state index contributed by atoms with van der Waals surface area (Å²) in [4.78, 5) is 28.3. The summed E-state index contributed by atoms with van der Waals surface area (Å²) in [5.41, 5.74) is 2.17. The third-order valence-corrected chi connectivity index (χ3v) is 3.84. The van der Waals surface area contributed by atoms with Gasteiger partial charge in [0, 0.05) is 23.0 Å². The highest BCUT2D eigenvalue weighted by molar-refractivity contribution is 9.10. The third kappa shape index (κ3) is 3.44. The summed E-state index contributed by atoms with van der Waals surface area (Å²) in [6.45, 7) is 1.40. The first-order valence-electron chi connectivity index (χ1n) is 7.27. The van der Waals surface area contributed by atoms with E-state index < -0.39 is 0 Å². The van der Waals surface area contributed by atoms with Crippen molar-refractivity contribution in [1.29, 1.82) is 0 Å². The number of pyridine rings is 1. The molecule has 0 radical (unpaired) electrons. The number of rotatable bonds is 3. The monoisotopic (exact) mass is 383 g/mol. The number of hydrogen-bond acceptors (Lipinski definition) is 3. The summed E-state index contributed by atoms with van der Waals surface area (Å²) in [5.74, 6) is -0.538. The molecule has 0 saturated carbocycles. The van der Waals surface area contributed by atoms with Gasteiger partial charge in [0.1, 0.15) is 0 Å². The zero-order chi connectivity index (χ0) is 17.1. The largest absolute Gasteiger partial charge is 0.326 e. The lowest BCUT2D eigenvalue weighted by Crippen LogP contribution is -2.16. The van der Waals surface area contributed by atoms with Crippen LogP contribution in [0.2, 0.25) is 0 Å². The molecule has 0 fully saturated rings. The molecule has 120 valence electrons. The molecule has 1 heterocycles. The van der Waals surface area contributed by atoms with Gasteiger partial charge in [-0.1, -0.05) is 24.3 Å². The Hall–Kier alpha value is -2.73. The molecule has 5 nitrogen and oxygen atoms in total. The molecule has 0 aliphatic carbocycles. The second-order valence-electron chi connectivity index (χ2n) is 5.21. The minimum Gasteiger partial charge on any atom is -0.326 e. The van der Waals surface area contributed by atoms with Crippen LogP contribution >= 0.6 is 15.9 Å². The number of fused-ring (bicyclic) bond motifs is 1. The molecular formula is C18H14BrN3O2. The number of carbonyl (C=O) groups excluding carboxylic acids is 2. The molecule has 3 rings (SSSR count). The molecular weight excluding hydrogens is 370 g/mol. The summed E-state index contributed by atoms with van der Waals surface area (Å²) < 4.78 is 0.870. The highest BCUT2D eigenvalue weighted by Gasteiger charge is 2.13. The topological polar surface area (TPSA) is 71.1 Å². The molecule has 2 aromatic carbocycles. The molecule has 3 aromatic rings. The van der Waals surface area contributed by atoms with Crippen LogP contribution in [-0.2, 0) is 4.79 Å². The quantitative estimate of drug-likeness (QED) is 0.711. The highest BCUT2D eigenvalue weighted by Crippen LogP contribution is 2.25. The lowest BCUT2D eigenvalue weighted by Gasteiger charge is -2.11. The predicted octanol–water partition coefficient (Wildman–Crippen LogP) is 4.21. The fourth-order valence-corrected chi connectivity index (χ4v) is 2.75. The van der Waals surface area contributed by atoms with Crippen molar-refractivity contribution >= 4 is 50.0 Å². The van der Waals surface area contributed by atoms with Gasteiger partial charge < -0.3 is 10.6 Å². The normalized spacial score (nSPS) is 10.4. The highest BCUT2D eigenvalue weighted by atomic mass is 79.9. The second kappa shape index (κ2) is 6.80. The molecule has 2 N–H and O–H groups in total. The van der Waals surface area contributed by atoms with Crippen molar-refractivity contribution in [2.45, 2.75) is 6.92 Å². The molecule has 0 aliphatic heterocycles. The molecule has 0 aliphatic rings. The Bertz CT molecular complexity index is 940. The number of aromatic nitrogens is 1. The van der Waals surface area contributed by atoms with Crippen LogP contribution in [0.5, 0.6) is 0 Å². The lowest BCUT2D eigenvalue weighted by molar-refractivity contribution is -0.114. The van der Waals surface area contributed by atoms with E-state index in [0.717, 1.165) is 9.86 Å². The number of hydrogen-bond donors (Lipinski definition) is 2. The molecule has 6 heteroatoms. The van der Waals surface area contributed by atoms with Crippen molar-refractivity contribution in [2.75, 3.05) is 10.6 Å². The number of carbonyl (C=O) groups is 2. The lowest BCUT2D eigenvalue weighted by atomic mass is 10.1. The van der Waals surface area contributed by atoms with E-state index in [4.69, 9.17) is 0 Å². The number of nitrogens with zero attached hydrogens (tertiary/aromatic N) is 1. The Morgan fingerprint density at radius 3 is 2.54 bits per heavy atom. The van der Waals surface area contributed by atoms with Crippen molar-refractivity contribution < 1.29 is 9.59 Å².